The number of hydrogen-bond donors (Lipinski definition) is 1. The summed E-state index contributed by atoms with van der Waals surface area (Å²) < 4.78 is 43.7. The van der Waals surface area contributed by atoms with Crippen molar-refractivity contribution in [1.29, 1.82) is 0 Å². The molecule has 0 aliphatic carbocycles. The molecule has 1 fully saturated rings. The van der Waals surface area contributed by atoms with E-state index in [1.807, 2.05) is 25.1 Å². The van der Waals surface area contributed by atoms with Crippen LogP contribution in [-0.2, 0) is 12.7 Å². The molecule has 26 heavy (non-hydrogen) atoms. The van der Waals surface area contributed by atoms with Crippen LogP contribution < -0.4 is 14.5 Å². The minimum absolute atomic E-state index is 0.589. The van der Waals surface area contributed by atoms with Gasteiger partial charge in [0, 0.05) is 5.56 Å². The molecule has 1 saturated heterocycles. The molecule has 0 unspecified atom stereocenters. The Kier molecular flexibility index (Phi) is 5.71. The van der Waals surface area contributed by atoms with E-state index in [1.165, 1.54) is 17.0 Å². The molecule has 1 aliphatic heterocycles. The van der Waals surface area contributed by atoms with Crippen molar-refractivity contribution < 1.29 is 22.8 Å². The number of hydrogen-bond acceptors (Lipinski definition) is 2. The Balaban J connectivity index is 1.57. The Morgan fingerprint density at radius 2 is 1.65 bits per heavy atom. The fourth-order valence-electron chi connectivity index (χ4n) is 3.34. The van der Waals surface area contributed by atoms with Crippen LogP contribution in [-0.4, -0.2) is 32.8 Å². The predicted octanol–water partition coefficient (Wildman–Crippen LogP) is 3.01. The van der Waals surface area contributed by atoms with Crippen LogP contribution in [0.15, 0.2) is 48.5 Å². The van der Waals surface area contributed by atoms with Crippen LogP contribution in [0.2, 0.25) is 0 Å². The van der Waals surface area contributed by atoms with Crippen molar-refractivity contribution in [3.63, 3.8) is 0 Å². The minimum atomic E-state index is -4.27. The summed E-state index contributed by atoms with van der Waals surface area (Å²) in [6.07, 6.45) is -4.27. The lowest BCUT2D eigenvalue weighted by Crippen LogP contribution is -3.13. The Hall–Kier alpha value is -2.21. The second-order valence-corrected chi connectivity index (χ2v) is 6.51. The summed E-state index contributed by atoms with van der Waals surface area (Å²) in [7, 11) is 0. The number of anilines is 1. The number of nitrogens with one attached hydrogen (secondary N) is 1. The molecule has 0 atom stereocenters. The summed E-state index contributed by atoms with van der Waals surface area (Å²) in [6.45, 7) is 7.06. The number of nitrogens with zero attached hydrogens (tertiary/aromatic N) is 1. The molecule has 1 heterocycles. The average molecular weight is 365 g/mol. The first-order chi connectivity index (χ1) is 12.5. The van der Waals surface area contributed by atoms with E-state index >= 15 is 0 Å². The van der Waals surface area contributed by atoms with Crippen LogP contribution in [0.4, 0.5) is 18.9 Å². The standard InChI is InChI=1S/C20H23F3N2O/c1-2-26-19-6-4-3-5-18(19)25-13-11-24(12-14-25)15-16-7-9-17(10-8-16)20(21,22)23/h3-10H,2,11-15H2,1H3/p+1. The summed E-state index contributed by atoms with van der Waals surface area (Å²) >= 11 is 0. The SMILES string of the molecule is CCOc1ccccc1N1CC[NH+](Cc2ccc(C(F)(F)F)cc2)CC1. The Morgan fingerprint density at radius 3 is 2.27 bits per heavy atom. The number of quaternary nitrogens is 1. The van der Waals surface area contributed by atoms with E-state index in [-0.39, 0.29) is 0 Å². The highest BCUT2D eigenvalue weighted by Crippen LogP contribution is 2.29. The number of ether oxygens (including phenoxy) is 1. The Labute approximate surface area is 152 Å². The third kappa shape index (κ3) is 4.49. The van der Waals surface area contributed by atoms with E-state index in [9.17, 15) is 13.2 Å². The zero-order chi connectivity index (χ0) is 18.6. The molecule has 3 rings (SSSR count). The number of halogens is 3. The zero-order valence-corrected chi connectivity index (χ0v) is 14.9. The monoisotopic (exact) mass is 365 g/mol. The first-order valence-corrected chi connectivity index (χ1v) is 8.94. The van der Waals surface area contributed by atoms with E-state index in [4.69, 9.17) is 4.74 Å². The van der Waals surface area contributed by atoms with Crippen LogP contribution in [0, 0.1) is 0 Å². The molecule has 0 bridgehead atoms. The Bertz CT molecular complexity index is 708. The van der Waals surface area contributed by atoms with Gasteiger partial charge in [0.1, 0.15) is 12.3 Å². The van der Waals surface area contributed by atoms with Gasteiger partial charge in [0.2, 0.25) is 0 Å². The lowest BCUT2D eigenvalue weighted by atomic mass is 10.1. The zero-order valence-electron chi connectivity index (χ0n) is 14.9. The van der Waals surface area contributed by atoms with Crippen molar-refractivity contribution in [3.8, 4) is 5.75 Å². The van der Waals surface area contributed by atoms with Crippen LogP contribution in [0.5, 0.6) is 5.75 Å². The topological polar surface area (TPSA) is 16.9 Å². The van der Waals surface area contributed by atoms with Gasteiger partial charge in [-0.05, 0) is 31.2 Å². The summed E-state index contributed by atoms with van der Waals surface area (Å²) in [5, 5.41) is 0. The molecule has 2 aromatic rings. The molecular weight excluding hydrogens is 341 g/mol. The fourth-order valence-corrected chi connectivity index (χ4v) is 3.34. The molecule has 140 valence electrons. The van der Waals surface area contributed by atoms with Crippen molar-refractivity contribution in [2.75, 3.05) is 37.7 Å². The first-order valence-electron chi connectivity index (χ1n) is 8.94. The highest BCUT2D eigenvalue weighted by Gasteiger charge is 2.30. The maximum absolute atomic E-state index is 12.6. The third-order valence-corrected chi connectivity index (χ3v) is 4.71. The number of rotatable bonds is 5. The molecule has 0 radical (unpaired) electrons. The maximum atomic E-state index is 12.6. The quantitative estimate of drug-likeness (QED) is 0.877. The second kappa shape index (κ2) is 7.99. The van der Waals surface area contributed by atoms with Crippen molar-refractivity contribution in [3.05, 3.63) is 59.7 Å². The molecule has 6 heteroatoms. The van der Waals surface area contributed by atoms with Crippen LogP contribution in [0.3, 0.4) is 0 Å². The number of piperazine rings is 1. The molecular formula is C20H24F3N2O+. The van der Waals surface area contributed by atoms with Crippen molar-refractivity contribution in [1.82, 2.24) is 0 Å². The predicted molar refractivity (Wildman–Crippen MR) is 95.7 cm³/mol. The number of para-hydroxylation sites is 2. The molecule has 0 saturated carbocycles. The van der Waals surface area contributed by atoms with E-state index in [2.05, 4.69) is 11.0 Å². The number of alkyl halides is 3. The van der Waals surface area contributed by atoms with Gasteiger partial charge < -0.3 is 14.5 Å². The fraction of sp³-hybridized carbons (Fsp3) is 0.400. The van der Waals surface area contributed by atoms with Gasteiger partial charge in [-0.2, -0.15) is 13.2 Å². The summed E-state index contributed by atoms with van der Waals surface area (Å²) in [5.74, 6) is 0.904. The van der Waals surface area contributed by atoms with Gasteiger partial charge in [-0.3, -0.25) is 0 Å². The van der Waals surface area contributed by atoms with E-state index in [1.54, 1.807) is 12.1 Å². The van der Waals surface area contributed by atoms with Crippen LogP contribution >= 0.6 is 0 Å². The molecule has 2 aromatic carbocycles. The minimum Gasteiger partial charge on any atom is -0.492 e. The lowest BCUT2D eigenvalue weighted by Gasteiger charge is -2.34. The molecule has 3 nitrogen and oxygen atoms in total. The average Bonchev–Trinajstić information content (AvgIpc) is 2.63. The lowest BCUT2D eigenvalue weighted by molar-refractivity contribution is -0.914. The van der Waals surface area contributed by atoms with Gasteiger partial charge in [0.15, 0.2) is 0 Å². The molecule has 0 aromatic heterocycles. The van der Waals surface area contributed by atoms with Gasteiger partial charge in [-0.25, -0.2) is 0 Å². The van der Waals surface area contributed by atoms with Crippen LogP contribution in [0.25, 0.3) is 0 Å². The largest absolute Gasteiger partial charge is 0.492 e. The molecule has 0 amide bonds. The van der Waals surface area contributed by atoms with Gasteiger partial charge in [-0.1, -0.05) is 24.3 Å². The van der Waals surface area contributed by atoms with Crippen molar-refractivity contribution >= 4 is 5.69 Å². The van der Waals surface area contributed by atoms with Crippen molar-refractivity contribution in [2.45, 2.75) is 19.6 Å². The van der Waals surface area contributed by atoms with Gasteiger partial charge >= 0.3 is 6.18 Å². The van der Waals surface area contributed by atoms with E-state index in [0.717, 1.165) is 49.7 Å². The van der Waals surface area contributed by atoms with Gasteiger partial charge in [0.05, 0.1) is 44.0 Å². The summed E-state index contributed by atoms with van der Waals surface area (Å²) in [4.78, 5) is 3.70. The summed E-state index contributed by atoms with van der Waals surface area (Å²) in [6, 6.07) is 13.6. The highest BCUT2D eigenvalue weighted by atomic mass is 19.4. The normalized spacial score (nSPS) is 15.9. The first kappa shape index (κ1) is 18.6. The smallest absolute Gasteiger partial charge is 0.416 e. The second-order valence-electron chi connectivity index (χ2n) is 6.51. The van der Waals surface area contributed by atoms with E-state index in [0.29, 0.717) is 6.61 Å². The van der Waals surface area contributed by atoms with Gasteiger partial charge in [0.25, 0.3) is 0 Å². The third-order valence-electron chi connectivity index (χ3n) is 4.71. The molecule has 1 aliphatic rings. The van der Waals surface area contributed by atoms with Gasteiger partial charge in [-0.15, -0.1) is 0 Å². The Morgan fingerprint density at radius 1 is 1.00 bits per heavy atom. The number of benzene rings is 2. The van der Waals surface area contributed by atoms with E-state index < -0.39 is 11.7 Å². The molecule has 0 spiro atoms. The molecule has 1 N–H and O–H groups in total. The highest BCUT2D eigenvalue weighted by molar-refractivity contribution is 5.58. The maximum Gasteiger partial charge on any atom is 0.416 e. The van der Waals surface area contributed by atoms with Crippen molar-refractivity contribution in [2.24, 2.45) is 0 Å². The summed E-state index contributed by atoms with van der Waals surface area (Å²) in [5.41, 5.74) is 1.47. The van der Waals surface area contributed by atoms with Crippen LogP contribution in [0.1, 0.15) is 18.1 Å².